The van der Waals surface area contributed by atoms with Gasteiger partial charge in [-0.15, -0.1) is 0 Å². The largest absolute Gasteiger partial charge is 0.379 e. The van der Waals surface area contributed by atoms with Crippen LogP contribution in [0.4, 0.5) is 21.5 Å². The lowest BCUT2D eigenvalue weighted by molar-refractivity contribution is 0.0337. The lowest BCUT2D eigenvalue weighted by Gasteiger charge is -2.28. The van der Waals surface area contributed by atoms with Gasteiger partial charge in [0.25, 0.3) is 11.8 Å². The Morgan fingerprint density at radius 2 is 1.69 bits per heavy atom. The zero-order valence-corrected chi connectivity index (χ0v) is 20.0. The number of ether oxygens (including phenoxy) is 2. The van der Waals surface area contributed by atoms with Crippen molar-refractivity contribution in [3.63, 3.8) is 0 Å². The smallest absolute Gasteiger partial charge is 0.287 e. The van der Waals surface area contributed by atoms with E-state index in [0.717, 1.165) is 50.8 Å². The Kier molecular flexibility index (Phi) is 6.32. The summed E-state index contributed by atoms with van der Waals surface area (Å²) in [5.74, 6) is 0.794. The third-order valence-corrected chi connectivity index (χ3v) is 6.81. The second-order valence-electron chi connectivity index (χ2n) is 9.09. The molecule has 10 heteroatoms. The van der Waals surface area contributed by atoms with E-state index < -0.39 is 0 Å². The molecule has 0 aromatic heterocycles. The maximum atomic E-state index is 15.2. The van der Waals surface area contributed by atoms with Crippen molar-refractivity contribution < 1.29 is 13.9 Å². The van der Waals surface area contributed by atoms with E-state index in [1.165, 1.54) is 0 Å². The first-order valence-corrected chi connectivity index (χ1v) is 12.3. The molecule has 0 amide bonds. The van der Waals surface area contributed by atoms with Crippen LogP contribution in [0.3, 0.4) is 0 Å². The van der Waals surface area contributed by atoms with Crippen LogP contribution in [0, 0.1) is 5.82 Å². The van der Waals surface area contributed by atoms with Gasteiger partial charge in [0.15, 0.2) is 11.9 Å². The Hall–Kier alpha value is -3.44. The molecule has 2 aromatic rings. The van der Waals surface area contributed by atoms with E-state index in [2.05, 4.69) is 37.2 Å². The number of halogens is 1. The summed E-state index contributed by atoms with van der Waals surface area (Å²) >= 11 is 0. The van der Waals surface area contributed by atoms with Crippen LogP contribution >= 0.6 is 0 Å². The minimum absolute atomic E-state index is 0.0630. The topological polar surface area (TPSA) is 74.0 Å². The van der Waals surface area contributed by atoms with Gasteiger partial charge in [0.05, 0.1) is 32.6 Å². The predicted molar refractivity (Wildman–Crippen MR) is 140 cm³/mol. The van der Waals surface area contributed by atoms with E-state index in [1.54, 1.807) is 18.5 Å². The van der Waals surface area contributed by atoms with E-state index >= 15 is 4.39 Å². The lowest BCUT2D eigenvalue weighted by Crippen LogP contribution is -2.44. The Labute approximate surface area is 209 Å². The number of benzene rings is 2. The zero-order chi connectivity index (χ0) is 24.4. The average molecular weight is 491 g/mol. The molecule has 2 aromatic carbocycles. The number of amidine groups is 1. The molecule has 0 saturated carbocycles. The predicted octanol–water partition coefficient (Wildman–Crippen LogP) is 3.15. The summed E-state index contributed by atoms with van der Waals surface area (Å²) in [7, 11) is 0. The van der Waals surface area contributed by atoms with E-state index in [-0.39, 0.29) is 10.4 Å². The summed E-state index contributed by atoms with van der Waals surface area (Å²) in [5, 5.41) is 8.14. The van der Waals surface area contributed by atoms with Crippen molar-refractivity contribution in [2.75, 3.05) is 62.8 Å². The van der Waals surface area contributed by atoms with Crippen molar-refractivity contribution >= 4 is 35.1 Å². The number of morpholine rings is 2. The number of hydrogen-bond donors (Lipinski definition) is 1. The van der Waals surface area contributed by atoms with E-state index in [1.807, 2.05) is 30.5 Å². The van der Waals surface area contributed by atoms with Crippen LogP contribution in [0.15, 0.2) is 70.0 Å². The van der Waals surface area contributed by atoms with Crippen molar-refractivity contribution in [3.8, 4) is 0 Å². The molecule has 6 rings (SSSR count). The molecule has 0 bridgehead atoms. The van der Waals surface area contributed by atoms with Crippen LogP contribution < -0.4 is 14.8 Å². The average Bonchev–Trinajstić information content (AvgIpc) is 3.30. The van der Waals surface area contributed by atoms with Gasteiger partial charge in [0, 0.05) is 61.8 Å². The number of anilines is 2. The highest BCUT2D eigenvalue weighted by Gasteiger charge is 2.43. The summed E-state index contributed by atoms with van der Waals surface area (Å²) in [4.78, 5) is 13.4. The molecule has 1 N–H and O–H groups in total. The number of quaternary nitrogens is 1. The summed E-state index contributed by atoms with van der Waals surface area (Å²) in [5.41, 5.74) is 3.36. The maximum absolute atomic E-state index is 15.2. The van der Waals surface area contributed by atoms with Gasteiger partial charge in [-0.1, -0.05) is 4.59 Å². The Balaban J connectivity index is 1.22. The molecular formula is C26H29FN7O2+. The molecule has 186 valence electrons. The molecule has 1 atom stereocenters. The minimum atomic E-state index is -0.253. The van der Waals surface area contributed by atoms with E-state index in [0.29, 0.717) is 42.8 Å². The highest BCUT2D eigenvalue weighted by atomic mass is 19.1. The van der Waals surface area contributed by atoms with Crippen molar-refractivity contribution in [1.29, 1.82) is 0 Å². The Bertz CT molecular complexity index is 1230. The number of rotatable bonds is 5. The van der Waals surface area contributed by atoms with Crippen molar-refractivity contribution in [2.45, 2.75) is 6.54 Å². The number of hydrogen-bond acceptors (Lipinski definition) is 8. The molecule has 1 unspecified atom stereocenters. The second kappa shape index (κ2) is 9.90. The highest BCUT2D eigenvalue weighted by Crippen LogP contribution is 2.33. The molecule has 0 spiro atoms. The Morgan fingerprint density at radius 3 is 2.44 bits per heavy atom. The summed E-state index contributed by atoms with van der Waals surface area (Å²) in [6.07, 6.45) is 5.15. The molecule has 0 aliphatic carbocycles. The van der Waals surface area contributed by atoms with Crippen molar-refractivity contribution in [1.82, 2.24) is 9.49 Å². The van der Waals surface area contributed by atoms with Crippen LogP contribution in [-0.4, -0.2) is 75.5 Å². The number of nitrogens with zero attached hydrogens (tertiary/aromatic N) is 6. The fraction of sp³-hybridized carbons (Fsp3) is 0.346. The minimum Gasteiger partial charge on any atom is -0.379 e. The summed E-state index contributed by atoms with van der Waals surface area (Å²) < 4.78 is 26.0. The molecule has 4 aliphatic rings. The first kappa shape index (κ1) is 23.0. The van der Waals surface area contributed by atoms with Gasteiger partial charge < -0.3 is 19.7 Å². The van der Waals surface area contributed by atoms with Gasteiger partial charge >= 0.3 is 0 Å². The fourth-order valence-electron chi connectivity index (χ4n) is 4.79. The molecule has 4 heterocycles. The van der Waals surface area contributed by atoms with Gasteiger partial charge in [-0.2, -0.15) is 4.99 Å². The van der Waals surface area contributed by atoms with Gasteiger partial charge in [0.2, 0.25) is 0 Å². The zero-order valence-electron chi connectivity index (χ0n) is 20.0. The normalized spacial score (nSPS) is 23.9. The maximum Gasteiger partial charge on any atom is 0.287 e. The van der Waals surface area contributed by atoms with Crippen LogP contribution in [0.1, 0.15) is 5.56 Å². The highest BCUT2D eigenvalue weighted by molar-refractivity contribution is 6.38. The van der Waals surface area contributed by atoms with Crippen LogP contribution in [0.2, 0.25) is 0 Å². The van der Waals surface area contributed by atoms with Crippen molar-refractivity contribution in [2.24, 2.45) is 15.1 Å². The second-order valence-corrected chi connectivity index (χ2v) is 9.09. The molecule has 2 fully saturated rings. The third kappa shape index (κ3) is 4.56. The summed E-state index contributed by atoms with van der Waals surface area (Å²) in [6, 6.07) is 13.5. The summed E-state index contributed by atoms with van der Waals surface area (Å²) in [6.45, 7) is 6.82. The van der Waals surface area contributed by atoms with Gasteiger partial charge in [-0.25, -0.2) is 4.39 Å². The molecular weight excluding hydrogens is 461 g/mol. The molecule has 9 nitrogen and oxygen atoms in total. The van der Waals surface area contributed by atoms with Gasteiger partial charge in [-0.05, 0) is 35.4 Å². The monoisotopic (exact) mass is 490 g/mol. The first-order chi connectivity index (χ1) is 17.7. The molecule has 36 heavy (non-hydrogen) atoms. The van der Waals surface area contributed by atoms with Crippen LogP contribution in [-0.2, 0) is 16.0 Å². The molecule has 0 radical (unpaired) electrons. The lowest BCUT2D eigenvalue weighted by atomic mass is 10.1. The van der Waals surface area contributed by atoms with Crippen LogP contribution in [0.25, 0.3) is 0 Å². The van der Waals surface area contributed by atoms with E-state index in [4.69, 9.17) is 14.6 Å². The van der Waals surface area contributed by atoms with Gasteiger partial charge in [-0.3, -0.25) is 9.89 Å². The first-order valence-electron chi connectivity index (χ1n) is 12.3. The van der Waals surface area contributed by atoms with Gasteiger partial charge in [0.1, 0.15) is 12.0 Å². The van der Waals surface area contributed by atoms with Crippen LogP contribution in [0.5, 0.6) is 0 Å². The number of aliphatic imine (C=N–C) groups is 2. The Morgan fingerprint density at radius 1 is 0.944 bits per heavy atom. The SMILES string of the molecule is Fc1cc([N+]23C=CN=CC2=NC(Nc2ccc(N4CCOCC4)cc2)=N3)ccc1CN1CCOCC1. The molecule has 2 saturated heterocycles. The quantitative estimate of drug-likeness (QED) is 0.652. The third-order valence-electron chi connectivity index (χ3n) is 6.81. The van der Waals surface area contributed by atoms with E-state index in [9.17, 15) is 0 Å². The standard InChI is InChI=1S/C26H29FN7O2/c27-24-17-23(6-1-20(24)19-32-8-13-35-14-9-32)34-12-7-28-18-25(34)30-26(31-34)29-21-2-4-22(5-3-21)33-10-15-36-16-11-33/h1-7,12,17-18H,8-11,13-16,19H2,(H,29,31)/q+1. The number of nitrogens with one attached hydrogen (secondary N) is 1. The molecule has 4 aliphatic heterocycles. The fourth-order valence-corrected chi connectivity index (χ4v) is 4.79. The number of fused-ring (bicyclic) bond motifs is 1. The van der Waals surface area contributed by atoms with Crippen molar-refractivity contribution in [3.05, 3.63) is 66.2 Å². The number of guanidine groups is 1.